The number of rotatable bonds is 6. The lowest BCUT2D eigenvalue weighted by molar-refractivity contribution is -0.129. The van der Waals surface area contributed by atoms with Crippen LogP contribution in [-0.4, -0.2) is 44.3 Å². The second-order valence-electron chi connectivity index (χ2n) is 8.28. The average Bonchev–Trinajstić information content (AvgIpc) is 3.14. The highest BCUT2D eigenvalue weighted by atomic mass is 35.5. The molecule has 0 aromatic heterocycles. The molecule has 178 valence electrons. The number of likely N-dealkylation sites (N-methyl/N-ethyl adjacent to an activating group) is 1. The first-order chi connectivity index (χ1) is 16.2. The number of hydrogen-bond donors (Lipinski definition) is 2. The Hall–Kier alpha value is -3.52. The van der Waals surface area contributed by atoms with Crippen molar-refractivity contribution in [3.63, 3.8) is 0 Å². The molecule has 2 aromatic carbocycles. The van der Waals surface area contributed by atoms with Gasteiger partial charge in [0.15, 0.2) is 5.75 Å². The molecule has 2 N–H and O–H groups in total. The first kappa shape index (κ1) is 23.6. The Morgan fingerprint density at radius 2 is 1.85 bits per heavy atom. The minimum absolute atomic E-state index is 0.0722. The second kappa shape index (κ2) is 9.02. The number of allylic oxidation sites excluding steroid dienone is 1. The minimum Gasteiger partial charge on any atom is -0.496 e. The molecule has 1 aliphatic heterocycles. The van der Waals surface area contributed by atoms with E-state index >= 15 is 0 Å². The maximum Gasteiger partial charge on any atom is 0.236 e. The van der Waals surface area contributed by atoms with Gasteiger partial charge in [0.2, 0.25) is 23.1 Å². The van der Waals surface area contributed by atoms with Crippen LogP contribution in [0.3, 0.4) is 0 Å². The van der Waals surface area contributed by atoms with Crippen LogP contribution in [0.1, 0.15) is 29.3 Å². The molecular weight excluding hydrogens is 460 g/mol. The number of halogens is 1. The molecule has 4 rings (SSSR count). The fourth-order valence-corrected chi connectivity index (χ4v) is 4.65. The van der Waals surface area contributed by atoms with Gasteiger partial charge in [-0.25, -0.2) is 0 Å². The zero-order valence-electron chi connectivity index (χ0n) is 19.3. The van der Waals surface area contributed by atoms with Crippen molar-refractivity contribution in [2.75, 3.05) is 26.6 Å². The summed E-state index contributed by atoms with van der Waals surface area (Å²) in [6.45, 7) is 1.79. The molecule has 2 aliphatic rings. The van der Waals surface area contributed by atoms with Crippen molar-refractivity contribution in [3.8, 4) is 17.2 Å². The Morgan fingerprint density at radius 3 is 2.44 bits per heavy atom. The summed E-state index contributed by atoms with van der Waals surface area (Å²) >= 11 is 6.41. The van der Waals surface area contributed by atoms with Crippen molar-refractivity contribution < 1.29 is 28.6 Å². The SMILES string of the molecule is CNC(=O)Cc1ccc(NC2=CC(=O)C3(Oc4c(Cl)c(OC)cc(OC)c4C3=O)C(C)C2)cc1. The number of anilines is 1. The monoisotopic (exact) mass is 484 g/mol. The first-order valence-electron chi connectivity index (χ1n) is 10.7. The van der Waals surface area contributed by atoms with Crippen LogP contribution in [0.25, 0.3) is 0 Å². The van der Waals surface area contributed by atoms with Crippen LogP contribution in [0.15, 0.2) is 42.1 Å². The summed E-state index contributed by atoms with van der Waals surface area (Å²) in [6, 6.07) is 8.87. The summed E-state index contributed by atoms with van der Waals surface area (Å²) in [4.78, 5) is 38.4. The number of methoxy groups -OCH3 is 2. The van der Waals surface area contributed by atoms with Gasteiger partial charge in [-0.15, -0.1) is 0 Å². The number of fused-ring (bicyclic) bond motifs is 1. The van der Waals surface area contributed by atoms with Crippen LogP contribution in [0.2, 0.25) is 5.02 Å². The number of Topliss-reactive ketones (excluding diaryl/α,β-unsaturated/α-hetero) is 1. The van der Waals surface area contributed by atoms with E-state index in [1.165, 1.54) is 26.4 Å². The first-order valence-corrected chi connectivity index (χ1v) is 11.1. The summed E-state index contributed by atoms with van der Waals surface area (Å²) in [5.74, 6) is -0.875. The zero-order chi connectivity index (χ0) is 24.6. The minimum atomic E-state index is -1.71. The van der Waals surface area contributed by atoms with Crippen molar-refractivity contribution >= 4 is 34.8 Å². The molecule has 0 saturated carbocycles. The van der Waals surface area contributed by atoms with Gasteiger partial charge >= 0.3 is 0 Å². The number of hydrogen-bond acceptors (Lipinski definition) is 7. The van der Waals surface area contributed by atoms with Gasteiger partial charge < -0.3 is 24.8 Å². The molecule has 0 saturated heterocycles. The van der Waals surface area contributed by atoms with Crippen molar-refractivity contribution in [1.82, 2.24) is 5.32 Å². The van der Waals surface area contributed by atoms with Crippen LogP contribution in [-0.2, 0) is 16.0 Å². The van der Waals surface area contributed by atoms with E-state index < -0.39 is 23.1 Å². The van der Waals surface area contributed by atoms with Crippen molar-refractivity contribution in [1.29, 1.82) is 0 Å². The smallest absolute Gasteiger partial charge is 0.236 e. The molecule has 0 bridgehead atoms. The lowest BCUT2D eigenvalue weighted by Gasteiger charge is -2.35. The highest BCUT2D eigenvalue weighted by Crippen LogP contribution is 2.53. The standard InChI is InChI=1S/C25H25ClN2O6/c1-13-9-16(28-15-7-5-14(6-8-15)10-20(30)27-2)11-19(29)25(13)24(31)21-17(32-3)12-18(33-4)22(26)23(21)34-25/h5-8,11-13,28H,9-10H2,1-4H3,(H,27,30). The molecule has 0 radical (unpaired) electrons. The van der Waals surface area contributed by atoms with E-state index in [2.05, 4.69) is 10.6 Å². The number of amides is 1. The summed E-state index contributed by atoms with van der Waals surface area (Å²) in [5.41, 5.74) is 0.720. The van der Waals surface area contributed by atoms with Crippen molar-refractivity contribution in [2.24, 2.45) is 5.92 Å². The average molecular weight is 485 g/mol. The third-order valence-corrected chi connectivity index (χ3v) is 6.57. The number of carbonyl (C=O) groups excluding carboxylic acids is 3. The maximum absolute atomic E-state index is 13.5. The van der Waals surface area contributed by atoms with E-state index in [0.717, 1.165) is 11.3 Å². The van der Waals surface area contributed by atoms with Gasteiger partial charge in [0.05, 0.1) is 20.6 Å². The van der Waals surface area contributed by atoms with E-state index in [1.807, 2.05) is 24.3 Å². The van der Waals surface area contributed by atoms with Gasteiger partial charge in [0.25, 0.3) is 0 Å². The van der Waals surface area contributed by atoms with Crippen LogP contribution in [0.4, 0.5) is 5.69 Å². The molecule has 1 aliphatic carbocycles. The Balaban J connectivity index is 1.60. The van der Waals surface area contributed by atoms with Gasteiger partial charge in [-0.3, -0.25) is 14.4 Å². The predicted octanol–water partition coefficient (Wildman–Crippen LogP) is 3.56. The van der Waals surface area contributed by atoms with Crippen molar-refractivity contribution in [2.45, 2.75) is 25.4 Å². The zero-order valence-corrected chi connectivity index (χ0v) is 20.0. The van der Waals surface area contributed by atoms with Crippen LogP contribution < -0.4 is 24.8 Å². The number of ketones is 2. The highest BCUT2D eigenvalue weighted by molar-refractivity contribution is 6.36. The summed E-state index contributed by atoms with van der Waals surface area (Å²) < 4.78 is 16.7. The van der Waals surface area contributed by atoms with Crippen molar-refractivity contribution in [3.05, 3.63) is 58.3 Å². The van der Waals surface area contributed by atoms with E-state index in [1.54, 1.807) is 14.0 Å². The molecule has 2 aromatic rings. The summed E-state index contributed by atoms with van der Waals surface area (Å²) in [6.07, 6.45) is 2.08. The Kier molecular flexibility index (Phi) is 6.27. The molecule has 2 unspecified atom stereocenters. The van der Waals surface area contributed by atoms with E-state index in [9.17, 15) is 14.4 Å². The lowest BCUT2D eigenvalue weighted by Crippen LogP contribution is -2.55. The lowest BCUT2D eigenvalue weighted by atomic mass is 9.74. The third-order valence-electron chi connectivity index (χ3n) is 6.21. The Morgan fingerprint density at radius 1 is 1.18 bits per heavy atom. The molecule has 2 atom stereocenters. The van der Waals surface area contributed by atoms with Gasteiger partial charge in [0, 0.05) is 36.5 Å². The topological polar surface area (TPSA) is 103 Å². The van der Waals surface area contributed by atoms with Gasteiger partial charge in [-0.05, 0) is 24.1 Å². The van der Waals surface area contributed by atoms with E-state index in [-0.39, 0.29) is 40.2 Å². The number of ether oxygens (including phenoxy) is 3. The molecule has 1 amide bonds. The molecule has 9 heteroatoms. The fraction of sp³-hybridized carbons (Fsp3) is 0.320. The Bertz CT molecular complexity index is 1210. The molecule has 34 heavy (non-hydrogen) atoms. The molecule has 0 fully saturated rings. The molecule has 1 spiro atoms. The van der Waals surface area contributed by atoms with Crippen LogP contribution in [0, 0.1) is 5.92 Å². The number of benzene rings is 2. The largest absolute Gasteiger partial charge is 0.496 e. The number of nitrogens with one attached hydrogen (secondary N) is 2. The second-order valence-corrected chi connectivity index (χ2v) is 8.65. The van der Waals surface area contributed by atoms with E-state index in [4.69, 9.17) is 25.8 Å². The third kappa shape index (κ3) is 3.77. The predicted molar refractivity (Wildman–Crippen MR) is 127 cm³/mol. The fourth-order valence-electron chi connectivity index (χ4n) is 4.38. The Labute approximate surface area is 202 Å². The quantitative estimate of drug-likeness (QED) is 0.604. The van der Waals surface area contributed by atoms with Gasteiger partial charge in [-0.1, -0.05) is 30.7 Å². The summed E-state index contributed by atoms with van der Waals surface area (Å²) in [5, 5.41) is 5.94. The van der Waals surface area contributed by atoms with E-state index in [0.29, 0.717) is 12.1 Å². The molecule has 8 nitrogen and oxygen atoms in total. The molecule has 1 heterocycles. The number of carbonyl (C=O) groups is 3. The summed E-state index contributed by atoms with van der Waals surface area (Å²) in [7, 11) is 4.46. The normalized spacial score (nSPS) is 21.0. The van der Waals surface area contributed by atoms with Crippen LogP contribution in [0.5, 0.6) is 17.2 Å². The maximum atomic E-state index is 13.5. The van der Waals surface area contributed by atoms with Crippen LogP contribution >= 0.6 is 11.6 Å². The van der Waals surface area contributed by atoms with Gasteiger partial charge in [-0.2, -0.15) is 0 Å². The molecular formula is C25H25ClN2O6. The highest BCUT2D eigenvalue weighted by Gasteiger charge is 2.60. The van der Waals surface area contributed by atoms with Gasteiger partial charge in [0.1, 0.15) is 22.1 Å².